The van der Waals surface area contributed by atoms with Gasteiger partial charge in [-0.05, 0) is 94.6 Å². The van der Waals surface area contributed by atoms with E-state index in [9.17, 15) is 0 Å². The highest BCUT2D eigenvalue weighted by Crippen LogP contribution is 2.42. The van der Waals surface area contributed by atoms with Crippen LogP contribution in [0.5, 0.6) is 0 Å². The second kappa shape index (κ2) is 9.70. The van der Waals surface area contributed by atoms with Crippen molar-refractivity contribution in [3.05, 3.63) is 162 Å². The average molecular weight is 589 g/mol. The van der Waals surface area contributed by atoms with Gasteiger partial charge in [-0.15, -0.1) is 0 Å². The van der Waals surface area contributed by atoms with Crippen LogP contribution in [0.3, 0.4) is 0 Å². The molecule has 0 amide bonds. The van der Waals surface area contributed by atoms with E-state index in [1.54, 1.807) is 0 Å². The predicted molar refractivity (Wildman–Crippen MR) is 193 cm³/mol. The van der Waals surface area contributed by atoms with Crippen LogP contribution in [0.2, 0.25) is 0 Å². The predicted octanol–water partition coefficient (Wildman–Crippen LogP) is 11.2. The van der Waals surface area contributed by atoms with E-state index >= 15 is 0 Å². The molecule has 0 radical (unpaired) electrons. The highest BCUT2D eigenvalue weighted by Gasteiger charge is 2.23. The fraction of sp³-hybridized carbons (Fsp3) is 0.0909. The molecule has 10 rings (SSSR count). The molecule has 0 N–H and O–H groups in total. The Morgan fingerprint density at radius 1 is 0.522 bits per heavy atom. The van der Waals surface area contributed by atoms with Crippen molar-refractivity contribution in [1.29, 1.82) is 0 Å². The van der Waals surface area contributed by atoms with Gasteiger partial charge in [0, 0.05) is 38.8 Å². The lowest BCUT2D eigenvalue weighted by molar-refractivity contribution is 0.690. The van der Waals surface area contributed by atoms with Gasteiger partial charge in [0.25, 0.3) is 0 Å². The molecular weight excluding hydrogens is 556 g/mol. The number of fused-ring (bicyclic) bond motifs is 9. The monoisotopic (exact) mass is 588 g/mol. The zero-order chi connectivity index (χ0) is 30.4. The Hall–Kier alpha value is -5.60. The highest BCUT2D eigenvalue weighted by molar-refractivity contribution is 6.09. The second-order valence-corrected chi connectivity index (χ2v) is 13.1. The molecule has 2 aromatic heterocycles. The number of benzene rings is 6. The lowest BCUT2D eigenvalue weighted by atomic mass is 9.94. The number of aromatic nitrogens is 2. The molecule has 0 spiro atoms. The van der Waals surface area contributed by atoms with Crippen LogP contribution < -0.4 is 0 Å². The first-order chi connectivity index (χ1) is 22.7. The van der Waals surface area contributed by atoms with Crippen molar-refractivity contribution in [3.8, 4) is 33.6 Å². The molecule has 2 heterocycles. The number of para-hydroxylation sites is 3. The minimum Gasteiger partial charge on any atom is -0.313 e. The summed E-state index contributed by atoms with van der Waals surface area (Å²) in [5, 5.41) is 3.88. The Balaban J connectivity index is 1.28. The summed E-state index contributed by atoms with van der Waals surface area (Å²) in [5.41, 5.74) is 16.9. The number of hydrogen-bond acceptors (Lipinski definition) is 0. The van der Waals surface area contributed by atoms with E-state index in [1.165, 1.54) is 88.7 Å². The molecule has 0 saturated heterocycles. The highest BCUT2D eigenvalue weighted by atomic mass is 15.0. The minimum atomic E-state index is 0.493. The Morgan fingerprint density at radius 3 is 1.89 bits per heavy atom. The quantitative estimate of drug-likeness (QED) is 0.194. The van der Waals surface area contributed by atoms with Gasteiger partial charge in [-0.3, -0.25) is 0 Å². The van der Waals surface area contributed by atoms with Crippen molar-refractivity contribution in [1.82, 2.24) is 9.13 Å². The van der Waals surface area contributed by atoms with Crippen LogP contribution in [0, 0.1) is 5.92 Å². The molecule has 2 aliphatic rings. The van der Waals surface area contributed by atoms with Crippen molar-refractivity contribution in [2.45, 2.75) is 19.8 Å². The van der Waals surface area contributed by atoms with Crippen LogP contribution in [0.4, 0.5) is 0 Å². The average Bonchev–Trinajstić information content (AvgIpc) is 3.75. The Kier molecular flexibility index (Phi) is 5.42. The fourth-order valence-corrected chi connectivity index (χ4v) is 8.16. The first-order valence-electron chi connectivity index (χ1n) is 16.4. The second-order valence-electron chi connectivity index (χ2n) is 13.1. The molecule has 46 heavy (non-hydrogen) atoms. The maximum Gasteiger partial charge on any atom is 0.0541 e. The van der Waals surface area contributed by atoms with E-state index in [-0.39, 0.29) is 0 Å². The van der Waals surface area contributed by atoms with Crippen molar-refractivity contribution in [2.75, 3.05) is 0 Å². The van der Waals surface area contributed by atoms with Crippen LogP contribution in [0.15, 0.2) is 140 Å². The summed E-state index contributed by atoms with van der Waals surface area (Å²) < 4.78 is 5.00. The molecule has 1 atom stereocenters. The van der Waals surface area contributed by atoms with E-state index in [0.717, 1.165) is 12.8 Å². The van der Waals surface area contributed by atoms with Crippen LogP contribution in [-0.2, 0) is 12.8 Å². The maximum absolute atomic E-state index is 2.54. The van der Waals surface area contributed by atoms with E-state index < -0.39 is 0 Å². The Bertz CT molecular complexity index is 2500. The molecule has 6 aromatic carbocycles. The van der Waals surface area contributed by atoms with Gasteiger partial charge < -0.3 is 9.13 Å². The maximum atomic E-state index is 2.54. The van der Waals surface area contributed by atoms with Crippen LogP contribution in [0.25, 0.3) is 72.4 Å². The van der Waals surface area contributed by atoms with Crippen LogP contribution in [0.1, 0.15) is 29.3 Å². The zero-order valence-corrected chi connectivity index (χ0v) is 25.7. The lowest BCUT2D eigenvalue weighted by Gasteiger charge is -2.20. The zero-order valence-electron chi connectivity index (χ0n) is 25.7. The molecule has 0 aliphatic heterocycles. The standard InChI is InChI=1S/C44H32N2/c1-28-18-21-39-38-14-6-9-17-43(38)46(44(39)22-28)34-25-32(29-19-20-31-23-30-10-2-3-11-35(30)40(31)26-29)24-33(27-34)45-41-15-7-4-12-36(41)37-13-5-8-16-42(37)45/h2-21,24-28H,22-23H2,1H3. The molecule has 0 bridgehead atoms. The van der Waals surface area contributed by atoms with Gasteiger partial charge in [-0.2, -0.15) is 0 Å². The molecule has 218 valence electrons. The number of rotatable bonds is 3. The largest absolute Gasteiger partial charge is 0.313 e. The van der Waals surface area contributed by atoms with Crippen molar-refractivity contribution < 1.29 is 0 Å². The van der Waals surface area contributed by atoms with E-state index in [1.807, 2.05) is 0 Å². The van der Waals surface area contributed by atoms with Gasteiger partial charge in [0.1, 0.15) is 0 Å². The van der Waals surface area contributed by atoms with Gasteiger partial charge in [0.2, 0.25) is 0 Å². The third kappa shape index (κ3) is 3.71. The topological polar surface area (TPSA) is 9.86 Å². The Labute approximate surface area is 268 Å². The number of nitrogens with zero attached hydrogens (tertiary/aromatic N) is 2. The smallest absolute Gasteiger partial charge is 0.0541 e. The van der Waals surface area contributed by atoms with E-state index in [0.29, 0.717) is 5.92 Å². The summed E-state index contributed by atoms with van der Waals surface area (Å²) in [5.74, 6) is 0.493. The van der Waals surface area contributed by atoms with Crippen molar-refractivity contribution >= 4 is 38.8 Å². The van der Waals surface area contributed by atoms with Crippen molar-refractivity contribution in [2.24, 2.45) is 5.92 Å². The summed E-state index contributed by atoms with van der Waals surface area (Å²) >= 11 is 0. The molecule has 2 aliphatic carbocycles. The van der Waals surface area contributed by atoms with Gasteiger partial charge in [0.05, 0.1) is 16.6 Å². The molecule has 2 nitrogen and oxygen atoms in total. The minimum absolute atomic E-state index is 0.493. The summed E-state index contributed by atoms with van der Waals surface area (Å²) in [6, 6.07) is 49.7. The van der Waals surface area contributed by atoms with Crippen molar-refractivity contribution in [3.63, 3.8) is 0 Å². The lowest BCUT2D eigenvalue weighted by Crippen LogP contribution is -2.09. The number of hydrogen-bond donors (Lipinski definition) is 0. The van der Waals surface area contributed by atoms with Crippen LogP contribution >= 0.6 is 0 Å². The molecule has 8 aromatic rings. The summed E-state index contributed by atoms with van der Waals surface area (Å²) in [7, 11) is 0. The molecular formula is C44H32N2. The third-order valence-electron chi connectivity index (χ3n) is 10.3. The normalized spacial score (nSPS) is 15.0. The molecule has 0 saturated carbocycles. The Morgan fingerprint density at radius 2 is 1.13 bits per heavy atom. The van der Waals surface area contributed by atoms with Gasteiger partial charge >= 0.3 is 0 Å². The van der Waals surface area contributed by atoms with E-state index in [4.69, 9.17) is 0 Å². The summed E-state index contributed by atoms with van der Waals surface area (Å²) in [6.07, 6.45) is 6.73. The summed E-state index contributed by atoms with van der Waals surface area (Å²) in [4.78, 5) is 0. The number of allylic oxidation sites excluding steroid dienone is 1. The van der Waals surface area contributed by atoms with Gasteiger partial charge in [-0.25, -0.2) is 0 Å². The van der Waals surface area contributed by atoms with E-state index in [2.05, 4.69) is 162 Å². The van der Waals surface area contributed by atoms with Gasteiger partial charge in [0.15, 0.2) is 0 Å². The first kappa shape index (κ1) is 25.7. The first-order valence-corrected chi connectivity index (χ1v) is 16.4. The molecule has 2 heteroatoms. The summed E-state index contributed by atoms with van der Waals surface area (Å²) in [6.45, 7) is 2.32. The third-order valence-corrected chi connectivity index (χ3v) is 10.3. The van der Waals surface area contributed by atoms with Crippen LogP contribution in [-0.4, -0.2) is 9.13 Å². The molecule has 0 fully saturated rings. The fourth-order valence-electron chi connectivity index (χ4n) is 8.16. The SMILES string of the molecule is CC1C=Cc2c(n(-c3cc(-c4ccc5c(c4)-c4ccccc4C5)cc(-n4c5ccccc5c5ccccc54)c3)c3ccccc23)C1. The molecule has 1 unspecified atom stereocenters. The van der Waals surface area contributed by atoms with Gasteiger partial charge in [-0.1, -0.05) is 110 Å².